The van der Waals surface area contributed by atoms with Crippen molar-refractivity contribution in [3.8, 4) is 0 Å². The van der Waals surface area contributed by atoms with Crippen molar-refractivity contribution < 1.29 is 5.11 Å². The van der Waals surface area contributed by atoms with E-state index in [1.165, 1.54) is 22.5 Å². The molecule has 7 nitrogen and oxygen atoms in total. The van der Waals surface area contributed by atoms with Crippen LogP contribution in [-0.4, -0.2) is 48.9 Å². The zero-order valence-electron chi connectivity index (χ0n) is 13.8. The number of fused-ring (bicyclic) bond motifs is 1. The summed E-state index contributed by atoms with van der Waals surface area (Å²) in [6, 6.07) is 11.6. The van der Waals surface area contributed by atoms with E-state index in [1.807, 2.05) is 36.7 Å². The molecule has 0 fully saturated rings. The van der Waals surface area contributed by atoms with Crippen molar-refractivity contribution in [2.24, 2.45) is 0 Å². The lowest BCUT2D eigenvalue weighted by atomic mass is 10.2. The van der Waals surface area contributed by atoms with E-state index in [1.54, 1.807) is 0 Å². The van der Waals surface area contributed by atoms with Gasteiger partial charge in [-0.2, -0.15) is 14.6 Å². The van der Waals surface area contributed by atoms with Gasteiger partial charge in [0.1, 0.15) is 6.33 Å². The number of rotatable bonds is 6. The maximum atomic E-state index is 11.9. The van der Waals surface area contributed by atoms with Crippen LogP contribution in [0.5, 0.6) is 0 Å². The normalized spacial score (nSPS) is 12.8. The Morgan fingerprint density at radius 2 is 2.04 bits per heavy atom. The Morgan fingerprint density at radius 1 is 1.29 bits per heavy atom. The Hall–Kier alpha value is -2.51. The molecular formula is C17H21N5O2. The number of aryl methyl sites for hydroxylation is 1. The Balaban J connectivity index is 1.70. The zero-order chi connectivity index (χ0) is 17.1. The third-order valence-corrected chi connectivity index (χ3v) is 3.95. The molecule has 1 aromatic carbocycles. The molecule has 0 saturated carbocycles. The van der Waals surface area contributed by atoms with Gasteiger partial charge < -0.3 is 9.67 Å². The molecule has 24 heavy (non-hydrogen) atoms. The Morgan fingerprint density at radius 3 is 2.79 bits per heavy atom. The molecule has 0 radical (unpaired) electrons. The Labute approximate surface area is 139 Å². The molecule has 2 aromatic heterocycles. The average Bonchev–Trinajstić information content (AvgIpc) is 3.02. The molecule has 3 rings (SSSR count). The second-order valence-corrected chi connectivity index (χ2v) is 6.04. The van der Waals surface area contributed by atoms with Gasteiger partial charge in [-0.05, 0) is 19.5 Å². The van der Waals surface area contributed by atoms with Gasteiger partial charge in [0.25, 0.3) is 5.56 Å². The molecule has 1 unspecified atom stereocenters. The standard InChI is InChI=1S/C17H21N5O2/c1-13-8-16(24)22-17(18-12-19-22)21(13)11-15(23)10-20(2)9-14-6-4-3-5-7-14/h3-8,12,15,23H,9-11H2,1-2H3. The summed E-state index contributed by atoms with van der Waals surface area (Å²) in [5.41, 5.74) is 1.74. The Bertz CT molecular complexity index is 872. The molecule has 3 aromatic rings. The molecule has 7 heteroatoms. The van der Waals surface area contributed by atoms with Gasteiger partial charge in [-0.3, -0.25) is 9.69 Å². The number of benzene rings is 1. The summed E-state index contributed by atoms with van der Waals surface area (Å²) >= 11 is 0. The number of hydrogen-bond acceptors (Lipinski definition) is 5. The highest BCUT2D eigenvalue weighted by Gasteiger charge is 2.14. The summed E-state index contributed by atoms with van der Waals surface area (Å²) in [5, 5.41) is 14.4. The van der Waals surface area contributed by atoms with E-state index in [0.717, 1.165) is 12.2 Å². The van der Waals surface area contributed by atoms with Crippen molar-refractivity contribution in [2.45, 2.75) is 26.1 Å². The number of hydrogen-bond donors (Lipinski definition) is 1. The minimum atomic E-state index is -0.583. The molecule has 1 atom stereocenters. The van der Waals surface area contributed by atoms with Gasteiger partial charge in [-0.15, -0.1) is 0 Å². The van der Waals surface area contributed by atoms with E-state index in [9.17, 15) is 9.90 Å². The lowest BCUT2D eigenvalue weighted by Gasteiger charge is -2.22. The lowest BCUT2D eigenvalue weighted by molar-refractivity contribution is 0.107. The van der Waals surface area contributed by atoms with Crippen molar-refractivity contribution in [1.29, 1.82) is 0 Å². The van der Waals surface area contributed by atoms with Gasteiger partial charge in [0.05, 0.1) is 12.6 Å². The molecule has 0 aliphatic heterocycles. The molecule has 1 N–H and O–H groups in total. The van der Waals surface area contributed by atoms with E-state index < -0.39 is 6.10 Å². The minimum absolute atomic E-state index is 0.216. The SMILES string of the molecule is Cc1cc(=O)n2ncnc2n1CC(O)CN(C)Cc1ccccc1. The second-order valence-electron chi connectivity index (χ2n) is 6.04. The van der Waals surface area contributed by atoms with Gasteiger partial charge in [0, 0.05) is 24.8 Å². The van der Waals surface area contributed by atoms with Crippen LogP contribution in [0.2, 0.25) is 0 Å². The molecule has 0 aliphatic carbocycles. The smallest absolute Gasteiger partial charge is 0.275 e. The number of aliphatic hydroxyl groups excluding tert-OH is 1. The van der Waals surface area contributed by atoms with Crippen molar-refractivity contribution in [3.63, 3.8) is 0 Å². The van der Waals surface area contributed by atoms with Crippen LogP contribution in [0.15, 0.2) is 47.5 Å². The van der Waals surface area contributed by atoms with Crippen LogP contribution >= 0.6 is 0 Å². The molecule has 0 amide bonds. The van der Waals surface area contributed by atoms with E-state index in [2.05, 4.69) is 27.1 Å². The van der Waals surface area contributed by atoms with Gasteiger partial charge in [-0.1, -0.05) is 30.3 Å². The minimum Gasteiger partial charge on any atom is -0.390 e. The van der Waals surface area contributed by atoms with Crippen LogP contribution < -0.4 is 5.56 Å². The first-order valence-electron chi connectivity index (χ1n) is 7.85. The summed E-state index contributed by atoms with van der Waals surface area (Å²) in [6.45, 7) is 3.46. The van der Waals surface area contributed by atoms with Crippen molar-refractivity contribution in [2.75, 3.05) is 13.6 Å². The van der Waals surface area contributed by atoms with E-state index >= 15 is 0 Å². The molecule has 0 saturated heterocycles. The van der Waals surface area contributed by atoms with Crippen LogP contribution in [0.25, 0.3) is 5.78 Å². The van der Waals surface area contributed by atoms with Crippen LogP contribution in [0, 0.1) is 6.92 Å². The fourth-order valence-corrected chi connectivity index (χ4v) is 2.86. The second kappa shape index (κ2) is 6.94. The number of aromatic nitrogens is 4. The lowest BCUT2D eigenvalue weighted by Crippen LogP contribution is -2.33. The maximum absolute atomic E-state index is 11.9. The fourth-order valence-electron chi connectivity index (χ4n) is 2.86. The highest BCUT2D eigenvalue weighted by Crippen LogP contribution is 2.07. The predicted octanol–water partition coefficient (Wildman–Crippen LogP) is 0.692. The third-order valence-electron chi connectivity index (χ3n) is 3.95. The number of nitrogens with zero attached hydrogens (tertiary/aromatic N) is 5. The first kappa shape index (κ1) is 16.4. The van der Waals surface area contributed by atoms with Crippen LogP contribution in [-0.2, 0) is 13.1 Å². The van der Waals surface area contributed by atoms with Gasteiger partial charge in [0.2, 0.25) is 5.78 Å². The summed E-state index contributed by atoms with van der Waals surface area (Å²) < 4.78 is 3.06. The van der Waals surface area contributed by atoms with Crippen LogP contribution in [0.4, 0.5) is 0 Å². The number of aliphatic hydroxyl groups is 1. The van der Waals surface area contributed by atoms with Crippen LogP contribution in [0.1, 0.15) is 11.3 Å². The molecular weight excluding hydrogens is 306 g/mol. The quantitative estimate of drug-likeness (QED) is 0.721. The summed E-state index contributed by atoms with van der Waals surface area (Å²) in [6.07, 6.45) is 0.765. The van der Waals surface area contributed by atoms with Gasteiger partial charge >= 0.3 is 0 Å². The summed E-state index contributed by atoms with van der Waals surface area (Å²) in [5.74, 6) is 0.449. The highest BCUT2D eigenvalue weighted by molar-refractivity contribution is 5.29. The molecule has 126 valence electrons. The largest absolute Gasteiger partial charge is 0.390 e. The zero-order valence-corrected chi connectivity index (χ0v) is 13.8. The molecule has 0 bridgehead atoms. The molecule has 2 heterocycles. The third kappa shape index (κ3) is 3.52. The Kier molecular flexibility index (Phi) is 4.73. The maximum Gasteiger partial charge on any atom is 0.275 e. The van der Waals surface area contributed by atoms with E-state index in [-0.39, 0.29) is 5.56 Å². The number of likely N-dealkylation sites (N-methyl/N-ethyl adjacent to an activating group) is 1. The topological polar surface area (TPSA) is 75.7 Å². The molecule has 0 aliphatic rings. The monoisotopic (exact) mass is 327 g/mol. The van der Waals surface area contributed by atoms with E-state index in [4.69, 9.17) is 0 Å². The first-order chi connectivity index (χ1) is 11.5. The molecule has 0 spiro atoms. The summed E-state index contributed by atoms with van der Waals surface area (Å²) in [7, 11) is 1.97. The fraction of sp³-hybridized carbons (Fsp3) is 0.353. The average molecular weight is 327 g/mol. The predicted molar refractivity (Wildman–Crippen MR) is 90.8 cm³/mol. The van der Waals surface area contributed by atoms with E-state index in [0.29, 0.717) is 18.9 Å². The van der Waals surface area contributed by atoms with Crippen molar-refractivity contribution in [3.05, 3.63) is 64.3 Å². The highest BCUT2D eigenvalue weighted by atomic mass is 16.3. The van der Waals surface area contributed by atoms with Crippen molar-refractivity contribution in [1.82, 2.24) is 24.1 Å². The van der Waals surface area contributed by atoms with Gasteiger partial charge in [-0.25, -0.2) is 0 Å². The van der Waals surface area contributed by atoms with Crippen molar-refractivity contribution >= 4 is 5.78 Å². The summed E-state index contributed by atoms with van der Waals surface area (Å²) in [4.78, 5) is 18.1. The van der Waals surface area contributed by atoms with Crippen LogP contribution in [0.3, 0.4) is 0 Å². The van der Waals surface area contributed by atoms with Gasteiger partial charge in [0.15, 0.2) is 0 Å². The first-order valence-corrected chi connectivity index (χ1v) is 7.85.